The lowest BCUT2D eigenvalue weighted by atomic mass is 10.0. The number of rotatable bonds is 8. The lowest BCUT2D eigenvalue weighted by Crippen LogP contribution is -2.25. The second kappa shape index (κ2) is 11.0. The molecule has 1 aliphatic heterocycles. The molecule has 3 aromatic rings. The molecule has 0 bridgehead atoms. The van der Waals surface area contributed by atoms with Crippen LogP contribution >= 0.6 is 23.1 Å². The molecule has 1 fully saturated rings. The summed E-state index contributed by atoms with van der Waals surface area (Å²) < 4.78 is 50.6. The fraction of sp³-hybridized carbons (Fsp3) is 0.167. The highest BCUT2D eigenvalue weighted by Crippen LogP contribution is 2.31. The summed E-state index contributed by atoms with van der Waals surface area (Å²) in [4.78, 5) is 39.1. The van der Waals surface area contributed by atoms with E-state index in [9.17, 15) is 27.6 Å². The topological polar surface area (TPSA) is 94.6 Å². The number of carbonyl (C=O) groups excluding carboxylic acids is 3. The largest absolute Gasteiger partial charge is 0.489 e. The number of hydrogen-bond acceptors (Lipinski definition) is 8. The quantitative estimate of drug-likeness (QED) is 0.308. The van der Waals surface area contributed by atoms with Gasteiger partial charge < -0.3 is 9.47 Å². The number of thioether (sulfide) groups is 1. The standard InChI is InChI=1S/C24H17F3N2O5S2/c25-24(26,27)17-3-1-2-15(9-17)16(11-34-22(31)19-12-35-13-28-19)10-33-18-6-4-14(5-7-18)8-20-21(30)29-23(32)36-20/h1-7,9,11-13,20H,8,10H2,(H,29,30,32)/b16-11-. The van der Waals surface area contributed by atoms with Crippen LogP contribution in [0.1, 0.15) is 27.2 Å². The zero-order chi connectivity index (χ0) is 25.7. The zero-order valence-corrected chi connectivity index (χ0v) is 19.9. The van der Waals surface area contributed by atoms with Gasteiger partial charge in [0.25, 0.3) is 5.24 Å². The van der Waals surface area contributed by atoms with Gasteiger partial charge in [0.2, 0.25) is 5.91 Å². The molecular weight excluding hydrogens is 517 g/mol. The molecule has 12 heteroatoms. The molecule has 1 N–H and O–H groups in total. The molecule has 1 atom stereocenters. The number of esters is 1. The van der Waals surface area contributed by atoms with E-state index in [1.807, 2.05) is 0 Å². The number of hydrogen-bond donors (Lipinski definition) is 1. The van der Waals surface area contributed by atoms with E-state index in [0.717, 1.165) is 35.7 Å². The van der Waals surface area contributed by atoms with Gasteiger partial charge in [-0.05, 0) is 41.8 Å². The van der Waals surface area contributed by atoms with Crippen LogP contribution in [0.5, 0.6) is 5.75 Å². The average molecular weight is 535 g/mol. The third kappa shape index (κ3) is 6.52. The van der Waals surface area contributed by atoms with Crippen molar-refractivity contribution in [3.8, 4) is 5.75 Å². The smallest absolute Gasteiger partial charge is 0.416 e. The zero-order valence-electron chi connectivity index (χ0n) is 18.3. The molecular formula is C24H17F3N2O5S2. The van der Waals surface area contributed by atoms with E-state index in [0.29, 0.717) is 12.2 Å². The number of halogens is 3. The van der Waals surface area contributed by atoms with Gasteiger partial charge in [0.05, 0.1) is 16.3 Å². The van der Waals surface area contributed by atoms with Crippen LogP contribution in [0.15, 0.2) is 65.7 Å². The first-order chi connectivity index (χ1) is 17.2. The van der Waals surface area contributed by atoms with Gasteiger partial charge in [-0.25, -0.2) is 9.78 Å². The summed E-state index contributed by atoms with van der Waals surface area (Å²) in [5.41, 5.74) is 1.85. The van der Waals surface area contributed by atoms with E-state index in [2.05, 4.69) is 10.3 Å². The van der Waals surface area contributed by atoms with E-state index in [4.69, 9.17) is 9.47 Å². The monoisotopic (exact) mass is 534 g/mol. The van der Waals surface area contributed by atoms with Gasteiger partial charge in [-0.15, -0.1) is 11.3 Å². The fourth-order valence-corrected chi connectivity index (χ4v) is 4.58. The number of benzene rings is 2. The summed E-state index contributed by atoms with van der Waals surface area (Å²) in [6.07, 6.45) is -3.14. The Hall–Kier alpha value is -3.64. The van der Waals surface area contributed by atoms with Crippen molar-refractivity contribution >= 4 is 45.8 Å². The van der Waals surface area contributed by atoms with Crippen molar-refractivity contribution in [3.63, 3.8) is 0 Å². The third-order valence-corrected chi connectivity index (χ3v) is 6.58. The highest BCUT2D eigenvalue weighted by molar-refractivity contribution is 8.15. The molecule has 2 aromatic carbocycles. The highest BCUT2D eigenvalue weighted by Gasteiger charge is 2.32. The Morgan fingerprint density at radius 1 is 1.14 bits per heavy atom. The summed E-state index contributed by atoms with van der Waals surface area (Å²) in [5.74, 6) is -0.687. The molecule has 0 radical (unpaired) electrons. The maximum Gasteiger partial charge on any atom is 0.416 e. The van der Waals surface area contributed by atoms with Gasteiger partial charge in [0, 0.05) is 11.0 Å². The minimum atomic E-state index is -4.55. The van der Waals surface area contributed by atoms with Gasteiger partial charge in [0.15, 0.2) is 5.69 Å². The van der Waals surface area contributed by atoms with E-state index < -0.39 is 23.0 Å². The van der Waals surface area contributed by atoms with E-state index in [1.165, 1.54) is 34.4 Å². The summed E-state index contributed by atoms with van der Waals surface area (Å²) in [6.45, 7) is -0.194. The molecule has 2 amide bonds. The van der Waals surface area contributed by atoms with E-state index in [-0.39, 0.29) is 34.6 Å². The Morgan fingerprint density at radius 2 is 1.92 bits per heavy atom. The number of carbonyl (C=O) groups is 3. The molecule has 7 nitrogen and oxygen atoms in total. The van der Waals surface area contributed by atoms with Gasteiger partial charge >= 0.3 is 12.1 Å². The highest BCUT2D eigenvalue weighted by atomic mass is 32.2. The number of nitrogens with one attached hydrogen (secondary N) is 1. The van der Waals surface area contributed by atoms with Crippen molar-refractivity contribution < 1.29 is 37.0 Å². The molecule has 2 heterocycles. The van der Waals surface area contributed by atoms with Crippen LogP contribution in [-0.2, 0) is 22.1 Å². The summed E-state index contributed by atoms with van der Waals surface area (Å²) in [6, 6.07) is 11.3. The van der Waals surface area contributed by atoms with Crippen LogP contribution in [0.4, 0.5) is 18.0 Å². The second-order valence-corrected chi connectivity index (χ2v) is 9.41. The second-order valence-electron chi connectivity index (χ2n) is 7.52. The Balaban J connectivity index is 1.48. The number of alkyl halides is 3. The van der Waals surface area contributed by atoms with Crippen LogP contribution in [0.3, 0.4) is 0 Å². The molecule has 0 saturated carbocycles. The van der Waals surface area contributed by atoms with Crippen molar-refractivity contribution in [3.05, 3.63) is 88.1 Å². The maximum absolute atomic E-state index is 13.2. The van der Waals surface area contributed by atoms with Gasteiger partial charge in [0.1, 0.15) is 18.6 Å². The van der Waals surface area contributed by atoms with Crippen molar-refractivity contribution in [2.45, 2.75) is 17.8 Å². The molecule has 1 aromatic heterocycles. The first kappa shape index (κ1) is 25.5. The molecule has 36 heavy (non-hydrogen) atoms. The molecule has 1 saturated heterocycles. The average Bonchev–Trinajstić information content (AvgIpc) is 3.49. The Bertz CT molecular complexity index is 1290. The minimum absolute atomic E-state index is 0.0759. The summed E-state index contributed by atoms with van der Waals surface area (Å²) >= 11 is 2.13. The lowest BCUT2D eigenvalue weighted by Gasteiger charge is -2.13. The third-order valence-electron chi connectivity index (χ3n) is 5.02. The predicted molar refractivity (Wildman–Crippen MR) is 128 cm³/mol. The molecule has 0 spiro atoms. The minimum Gasteiger partial charge on any atom is -0.489 e. The van der Waals surface area contributed by atoms with Crippen LogP contribution < -0.4 is 10.1 Å². The van der Waals surface area contributed by atoms with Crippen molar-refractivity contribution in [2.24, 2.45) is 0 Å². The summed E-state index contributed by atoms with van der Waals surface area (Å²) in [5, 5.41) is 2.83. The molecule has 0 aliphatic carbocycles. The maximum atomic E-state index is 13.2. The van der Waals surface area contributed by atoms with Crippen LogP contribution in [0.25, 0.3) is 5.57 Å². The molecule has 1 unspecified atom stereocenters. The van der Waals surface area contributed by atoms with Gasteiger partial charge in [-0.2, -0.15) is 13.2 Å². The van der Waals surface area contributed by atoms with E-state index >= 15 is 0 Å². The molecule has 186 valence electrons. The number of imide groups is 1. The van der Waals surface area contributed by atoms with Crippen molar-refractivity contribution in [2.75, 3.05) is 6.61 Å². The molecule has 4 rings (SSSR count). The Labute approximate surface area is 211 Å². The first-order valence-electron chi connectivity index (χ1n) is 10.4. The summed E-state index contributed by atoms with van der Waals surface area (Å²) in [7, 11) is 0. The van der Waals surface area contributed by atoms with Crippen LogP contribution in [0, 0.1) is 0 Å². The number of ether oxygens (including phenoxy) is 2. The SMILES string of the molecule is O=C1NC(=O)C(Cc2ccc(OC/C(=C/OC(=O)c3cscn3)c3cccc(C(F)(F)F)c3)cc2)S1. The van der Waals surface area contributed by atoms with Gasteiger partial charge in [-0.1, -0.05) is 36.0 Å². The number of aromatic nitrogens is 1. The van der Waals surface area contributed by atoms with Crippen molar-refractivity contribution in [1.29, 1.82) is 0 Å². The van der Waals surface area contributed by atoms with Crippen LogP contribution in [0.2, 0.25) is 0 Å². The Kier molecular flexibility index (Phi) is 7.75. The fourth-order valence-electron chi connectivity index (χ4n) is 3.20. The van der Waals surface area contributed by atoms with E-state index in [1.54, 1.807) is 24.3 Å². The predicted octanol–water partition coefficient (Wildman–Crippen LogP) is 5.33. The van der Waals surface area contributed by atoms with Crippen molar-refractivity contribution in [1.82, 2.24) is 10.3 Å². The first-order valence-corrected chi connectivity index (χ1v) is 12.2. The number of amides is 2. The van der Waals surface area contributed by atoms with Gasteiger partial charge in [-0.3, -0.25) is 14.9 Å². The normalized spacial score (nSPS) is 16.1. The Morgan fingerprint density at radius 3 is 2.56 bits per heavy atom. The lowest BCUT2D eigenvalue weighted by molar-refractivity contribution is -0.137. The number of nitrogens with zero attached hydrogens (tertiary/aromatic N) is 1. The van der Waals surface area contributed by atoms with Crippen LogP contribution in [-0.4, -0.2) is 34.0 Å². The molecule has 1 aliphatic rings. The number of thiazole rings is 1.